The summed E-state index contributed by atoms with van der Waals surface area (Å²) in [5, 5.41) is 5.85. The van der Waals surface area contributed by atoms with E-state index in [4.69, 9.17) is 67.5 Å². The van der Waals surface area contributed by atoms with Crippen LogP contribution < -0.4 is 14.8 Å². The van der Waals surface area contributed by atoms with E-state index in [1.54, 1.807) is 36.4 Å². The van der Waals surface area contributed by atoms with Crippen LogP contribution in [-0.2, 0) is 13.2 Å². The lowest BCUT2D eigenvalue weighted by molar-refractivity contribution is 0.269. The first-order valence-corrected chi connectivity index (χ1v) is 11.0. The molecule has 0 unspecified atom stereocenters. The molecule has 0 spiro atoms. The number of hydrogen-bond donors (Lipinski definition) is 1. The van der Waals surface area contributed by atoms with Crippen LogP contribution in [0.25, 0.3) is 0 Å². The molecular formula is C22H18Cl5NO2. The number of benzene rings is 3. The van der Waals surface area contributed by atoms with Gasteiger partial charge in [-0.3, -0.25) is 0 Å². The van der Waals surface area contributed by atoms with Crippen molar-refractivity contribution in [3.8, 4) is 11.5 Å². The average molecular weight is 506 g/mol. The molecule has 0 aliphatic carbocycles. The molecule has 0 fully saturated rings. The van der Waals surface area contributed by atoms with E-state index in [2.05, 4.69) is 5.32 Å². The Balaban J connectivity index is 1.78. The highest BCUT2D eigenvalue weighted by Gasteiger charge is 2.14. The Morgan fingerprint density at radius 1 is 0.733 bits per heavy atom. The van der Waals surface area contributed by atoms with Crippen molar-refractivity contribution < 1.29 is 9.47 Å². The zero-order valence-corrected chi connectivity index (χ0v) is 19.7. The monoisotopic (exact) mass is 503 g/mol. The summed E-state index contributed by atoms with van der Waals surface area (Å²) in [4.78, 5) is 0. The molecule has 0 bridgehead atoms. The number of anilines is 1. The SMILES string of the molecule is CCOc1cc(CNc2ccc(Cl)c(Cl)c2)c(Cl)cc1OCc1c(Cl)cccc1Cl. The molecule has 3 aromatic rings. The molecule has 0 saturated heterocycles. The van der Waals surface area contributed by atoms with E-state index in [9.17, 15) is 0 Å². The summed E-state index contributed by atoms with van der Waals surface area (Å²) in [5.74, 6) is 1.09. The molecule has 1 N–H and O–H groups in total. The van der Waals surface area contributed by atoms with Crippen molar-refractivity contribution in [1.82, 2.24) is 0 Å². The van der Waals surface area contributed by atoms with Crippen LogP contribution in [0.4, 0.5) is 5.69 Å². The number of nitrogens with one attached hydrogen (secondary N) is 1. The lowest BCUT2D eigenvalue weighted by Crippen LogP contribution is -2.04. The Bertz CT molecular complexity index is 1020. The normalized spacial score (nSPS) is 10.7. The second-order valence-electron chi connectivity index (χ2n) is 6.29. The van der Waals surface area contributed by atoms with Crippen molar-refractivity contribution in [2.24, 2.45) is 0 Å². The minimum atomic E-state index is 0.190. The van der Waals surface area contributed by atoms with Gasteiger partial charge in [0.05, 0.1) is 16.7 Å². The summed E-state index contributed by atoms with van der Waals surface area (Å²) in [6, 6.07) is 14.2. The van der Waals surface area contributed by atoms with Crippen LogP contribution >= 0.6 is 58.0 Å². The van der Waals surface area contributed by atoms with Gasteiger partial charge in [0.25, 0.3) is 0 Å². The summed E-state index contributed by atoms with van der Waals surface area (Å²) >= 11 is 31.0. The van der Waals surface area contributed by atoms with Gasteiger partial charge in [-0.2, -0.15) is 0 Å². The zero-order valence-electron chi connectivity index (χ0n) is 15.9. The molecule has 3 aromatic carbocycles. The molecule has 0 atom stereocenters. The second kappa shape index (κ2) is 10.7. The summed E-state index contributed by atoms with van der Waals surface area (Å²) in [7, 11) is 0. The molecule has 8 heteroatoms. The fourth-order valence-electron chi connectivity index (χ4n) is 2.72. The Kier molecular flexibility index (Phi) is 8.27. The van der Waals surface area contributed by atoms with Crippen LogP contribution in [-0.4, -0.2) is 6.61 Å². The molecule has 0 aliphatic rings. The maximum Gasteiger partial charge on any atom is 0.163 e. The second-order valence-corrected chi connectivity index (χ2v) is 8.33. The molecule has 0 radical (unpaired) electrons. The van der Waals surface area contributed by atoms with Crippen LogP contribution in [0.5, 0.6) is 11.5 Å². The summed E-state index contributed by atoms with van der Waals surface area (Å²) < 4.78 is 11.7. The molecule has 158 valence electrons. The molecule has 30 heavy (non-hydrogen) atoms. The minimum Gasteiger partial charge on any atom is -0.490 e. The topological polar surface area (TPSA) is 30.5 Å². The first kappa shape index (κ1) is 23.2. The van der Waals surface area contributed by atoms with Crippen LogP contribution in [0.15, 0.2) is 48.5 Å². The Labute approximate surface area is 200 Å². The first-order valence-electron chi connectivity index (χ1n) is 9.09. The Hall–Kier alpha value is -1.49. The van der Waals surface area contributed by atoms with Gasteiger partial charge in [-0.05, 0) is 48.9 Å². The highest BCUT2D eigenvalue weighted by Crippen LogP contribution is 2.36. The highest BCUT2D eigenvalue weighted by atomic mass is 35.5. The lowest BCUT2D eigenvalue weighted by Gasteiger charge is -2.16. The smallest absolute Gasteiger partial charge is 0.163 e. The van der Waals surface area contributed by atoms with Gasteiger partial charge in [0.2, 0.25) is 0 Å². The van der Waals surface area contributed by atoms with Gasteiger partial charge in [0, 0.05) is 38.9 Å². The van der Waals surface area contributed by atoms with Gasteiger partial charge in [0.15, 0.2) is 11.5 Å². The van der Waals surface area contributed by atoms with Gasteiger partial charge in [-0.1, -0.05) is 64.1 Å². The third-order valence-electron chi connectivity index (χ3n) is 4.25. The third kappa shape index (κ3) is 5.81. The molecule has 3 nitrogen and oxygen atoms in total. The molecule has 0 heterocycles. The van der Waals surface area contributed by atoms with Crippen molar-refractivity contribution >= 4 is 63.7 Å². The van der Waals surface area contributed by atoms with Gasteiger partial charge < -0.3 is 14.8 Å². The fourth-order valence-corrected chi connectivity index (χ4v) is 3.74. The number of rotatable bonds is 8. The fraction of sp³-hybridized carbons (Fsp3) is 0.182. The molecule has 0 amide bonds. The number of hydrogen-bond acceptors (Lipinski definition) is 3. The van der Waals surface area contributed by atoms with E-state index in [1.165, 1.54) is 0 Å². The zero-order chi connectivity index (χ0) is 21.7. The van der Waals surface area contributed by atoms with Crippen LogP contribution in [0.3, 0.4) is 0 Å². The molecule has 3 rings (SSSR count). The Morgan fingerprint density at radius 2 is 1.43 bits per heavy atom. The predicted molar refractivity (Wildman–Crippen MR) is 127 cm³/mol. The quantitative estimate of drug-likeness (QED) is 0.333. The highest BCUT2D eigenvalue weighted by molar-refractivity contribution is 6.42. The van der Waals surface area contributed by atoms with E-state index < -0.39 is 0 Å². The maximum atomic E-state index is 6.49. The number of ether oxygens (including phenoxy) is 2. The average Bonchev–Trinajstić information content (AvgIpc) is 2.71. The first-order chi connectivity index (χ1) is 14.4. The molecule has 0 aromatic heterocycles. The van der Waals surface area contributed by atoms with Crippen LogP contribution in [0.1, 0.15) is 18.1 Å². The predicted octanol–water partition coefficient (Wildman–Crippen LogP) is 8.54. The lowest BCUT2D eigenvalue weighted by atomic mass is 10.2. The van der Waals surface area contributed by atoms with Crippen molar-refractivity contribution in [1.29, 1.82) is 0 Å². The van der Waals surface area contributed by atoms with E-state index in [-0.39, 0.29) is 6.61 Å². The van der Waals surface area contributed by atoms with Gasteiger partial charge in [-0.15, -0.1) is 0 Å². The summed E-state index contributed by atoms with van der Waals surface area (Å²) in [5.41, 5.74) is 2.37. The van der Waals surface area contributed by atoms with Crippen LogP contribution in [0, 0.1) is 0 Å². The van der Waals surface area contributed by atoms with E-state index in [0.717, 1.165) is 11.3 Å². The van der Waals surface area contributed by atoms with Gasteiger partial charge in [-0.25, -0.2) is 0 Å². The van der Waals surface area contributed by atoms with E-state index in [0.29, 0.717) is 55.3 Å². The minimum absolute atomic E-state index is 0.190. The standard InChI is InChI=1S/C22H18Cl5NO2/c1-2-29-21-8-13(11-28-14-6-7-18(25)20(27)9-14)19(26)10-22(21)30-12-15-16(23)4-3-5-17(15)24/h3-10,28H,2,11-12H2,1H3. The van der Waals surface area contributed by atoms with Crippen molar-refractivity contribution in [2.75, 3.05) is 11.9 Å². The van der Waals surface area contributed by atoms with Gasteiger partial charge >= 0.3 is 0 Å². The van der Waals surface area contributed by atoms with Crippen LogP contribution in [0.2, 0.25) is 25.1 Å². The molecule has 0 saturated carbocycles. The summed E-state index contributed by atoms with van der Waals surface area (Å²) in [6.07, 6.45) is 0. The summed E-state index contributed by atoms with van der Waals surface area (Å²) in [6.45, 7) is 3.03. The maximum absolute atomic E-state index is 6.49. The van der Waals surface area contributed by atoms with Crippen molar-refractivity contribution in [2.45, 2.75) is 20.1 Å². The van der Waals surface area contributed by atoms with Crippen molar-refractivity contribution in [3.63, 3.8) is 0 Å². The van der Waals surface area contributed by atoms with E-state index >= 15 is 0 Å². The third-order valence-corrected chi connectivity index (χ3v) is 6.05. The van der Waals surface area contributed by atoms with Gasteiger partial charge in [0.1, 0.15) is 6.61 Å². The Morgan fingerprint density at radius 3 is 2.10 bits per heavy atom. The van der Waals surface area contributed by atoms with E-state index in [1.807, 2.05) is 19.1 Å². The number of halogens is 5. The van der Waals surface area contributed by atoms with Crippen molar-refractivity contribution in [3.05, 3.63) is 84.8 Å². The molecular weight excluding hydrogens is 488 g/mol. The molecule has 0 aliphatic heterocycles. The largest absolute Gasteiger partial charge is 0.490 e.